The Kier molecular flexibility index (Phi) is 8.94. The number of benzene rings is 1. The second kappa shape index (κ2) is 12.1. The molecule has 0 radical (unpaired) electrons. The number of carbonyl (C=O) groups excluding carboxylic acids is 3. The van der Waals surface area contributed by atoms with Crippen LogP contribution in [0.4, 0.5) is 0 Å². The van der Waals surface area contributed by atoms with Crippen LogP contribution < -0.4 is 5.32 Å². The first-order valence-corrected chi connectivity index (χ1v) is 14.2. The third kappa shape index (κ3) is 6.61. The summed E-state index contributed by atoms with van der Waals surface area (Å²) in [5.74, 6) is -0.0702. The lowest BCUT2D eigenvalue weighted by Gasteiger charge is -2.28. The number of aryl methyl sites for hydroxylation is 1. The lowest BCUT2D eigenvalue weighted by molar-refractivity contribution is -0.146. The Bertz CT molecular complexity index is 1060. The maximum atomic E-state index is 13.2. The van der Waals surface area contributed by atoms with Crippen molar-refractivity contribution in [2.75, 3.05) is 0 Å². The van der Waals surface area contributed by atoms with E-state index in [9.17, 15) is 14.4 Å². The fourth-order valence-electron chi connectivity index (χ4n) is 5.97. The summed E-state index contributed by atoms with van der Waals surface area (Å²) in [6.45, 7) is 5.88. The van der Waals surface area contributed by atoms with Gasteiger partial charge in [-0.1, -0.05) is 50.5 Å². The highest BCUT2D eigenvalue weighted by Crippen LogP contribution is 2.39. The molecule has 2 saturated carbocycles. The summed E-state index contributed by atoms with van der Waals surface area (Å²) in [7, 11) is 0. The predicted octanol–water partition coefficient (Wildman–Crippen LogP) is 5.87. The Morgan fingerprint density at radius 1 is 1.11 bits per heavy atom. The van der Waals surface area contributed by atoms with Crippen molar-refractivity contribution in [1.29, 1.82) is 0 Å². The van der Waals surface area contributed by atoms with Gasteiger partial charge in [0.1, 0.15) is 11.9 Å². The number of rotatable bonds is 9. The molecule has 2 fully saturated rings. The quantitative estimate of drug-likeness (QED) is 0.427. The number of Topliss-reactive ketones (excluding diaryl/α,β-unsaturated/α-hetero) is 1. The number of nitrogens with one attached hydrogen (secondary N) is 1. The minimum Gasteiger partial charge on any atom is -0.463 e. The van der Waals surface area contributed by atoms with Crippen LogP contribution in [0.2, 0.25) is 0 Å². The van der Waals surface area contributed by atoms with Crippen LogP contribution in [0.25, 0.3) is 10.4 Å². The number of thiazole rings is 1. The first-order valence-electron chi connectivity index (χ1n) is 13.3. The molecule has 0 bridgehead atoms. The molecule has 0 spiro atoms. The molecule has 1 N–H and O–H groups in total. The minimum absolute atomic E-state index is 0.0301. The number of hydrogen-bond donors (Lipinski definition) is 1. The fraction of sp³-hybridized carbons (Fsp3) is 0.586. The maximum Gasteiger partial charge on any atom is 0.302 e. The van der Waals surface area contributed by atoms with Crippen LogP contribution in [0, 0.1) is 30.6 Å². The van der Waals surface area contributed by atoms with Crippen LogP contribution in [0.15, 0.2) is 29.8 Å². The van der Waals surface area contributed by atoms with E-state index in [-0.39, 0.29) is 41.5 Å². The van der Waals surface area contributed by atoms with Crippen LogP contribution in [0.1, 0.15) is 76.5 Å². The van der Waals surface area contributed by atoms with E-state index >= 15 is 0 Å². The molecular weight excluding hydrogens is 472 g/mol. The van der Waals surface area contributed by atoms with Crippen LogP contribution in [0.3, 0.4) is 0 Å². The van der Waals surface area contributed by atoms with Gasteiger partial charge in [0.2, 0.25) is 5.91 Å². The normalized spacial score (nSPS) is 23.2. The third-order valence-electron chi connectivity index (χ3n) is 8.08. The molecule has 2 aromatic rings. The van der Waals surface area contributed by atoms with E-state index in [0.29, 0.717) is 31.7 Å². The standard InChI is InChI=1S/C29H38N2O4S/c1-18(22-7-5-4-6-8-22)27(33)14-24-13-25(35-20(3)32)15-26(24)29(34)30-16-21-9-11-23(12-10-21)28-19(2)31-17-36-28/h9-12,17-18,22,24-26H,4-8,13-16H2,1-3H3,(H,30,34)/t18-,24?,25-,26+/m0/s1. The number of ketones is 1. The third-order valence-corrected chi connectivity index (χ3v) is 9.06. The highest BCUT2D eigenvalue weighted by Gasteiger charge is 2.42. The van der Waals surface area contributed by atoms with Crippen molar-refractivity contribution in [2.24, 2.45) is 23.7 Å². The molecule has 0 saturated heterocycles. The van der Waals surface area contributed by atoms with Crippen LogP contribution >= 0.6 is 11.3 Å². The second-order valence-electron chi connectivity index (χ2n) is 10.6. The minimum atomic E-state index is -0.335. The summed E-state index contributed by atoms with van der Waals surface area (Å²) < 4.78 is 5.47. The number of ether oxygens (including phenoxy) is 1. The lowest BCUT2D eigenvalue weighted by Crippen LogP contribution is -2.34. The van der Waals surface area contributed by atoms with Gasteiger partial charge in [-0.05, 0) is 55.6 Å². The van der Waals surface area contributed by atoms with Gasteiger partial charge in [0.25, 0.3) is 0 Å². The molecular formula is C29H38N2O4S. The molecule has 0 aliphatic heterocycles. The smallest absolute Gasteiger partial charge is 0.302 e. The van der Waals surface area contributed by atoms with E-state index < -0.39 is 0 Å². The number of esters is 1. The van der Waals surface area contributed by atoms with E-state index in [2.05, 4.69) is 29.4 Å². The van der Waals surface area contributed by atoms with Gasteiger partial charge in [0, 0.05) is 31.7 Å². The van der Waals surface area contributed by atoms with Crippen LogP contribution in [-0.4, -0.2) is 28.7 Å². The number of nitrogens with zero attached hydrogens (tertiary/aromatic N) is 1. The lowest BCUT2D eigenvalue weighted by atomic mass is 9.76. The van der Waals surface area contributed by atoms with Gasteiger partial charge >= 0.3 is 5.97 Å². The van der Waals surface area contributed by atoms with E-state index in [0.717, 1.165) is 34.5 Å². The largest absolute Gasteiger partial charge is 0.463 e. The molecule has 194 valence electrons. The van der Waals surface area contributed by atoms with Crippen molar-refractivity contribution < 1.29 is 19.1 Å². The van der Waals surface area contributed by atoms with E-state index in [4.69, 9.17) is 4.74 Å². The predicted molar refractivity (Wildman–Crippen MR) is 141 cm³/mol. The van der Waals surface area contributed by atoms with Crippen LogP contribution in [-0.2, 0) is 25.7 Å². The van der Waals surface area contributed by atoms with Crippen molar-refractivity contribution in [3.8, 4) is 10.4 Å². The molecule has 2 aliphatic rings. The van der Waals surface area contributed by atoms with Gasteiger partial charge in [-0.2, -0.15) is 0 Å². The molecule has 1 amide bonds. The monoisotopic (exact) mass is 510 g/mol. The highest BCUT2D eigenvalue weighted by atomic mass is 32.1. The molecule has 2 aliphatic carbocycles. The van der Waals surface area contributed by atoms with Gasteiger partial charge in [-0.25, -0.2) is 4.98 Å². The number of amides is 1. The van der Waals surface area contributed by atoms with Gasteiger partial charge in [0.15, 0.2) is 0 Å². The summed E-state index contributed by atoms with van der Waals surface area (Å²) in [6, 6.07) is 8.17. The highest BCUT2D eigenvalue weighted by molar-refractivity contribution is 7.13. The summed E-state index contributed by atoms with van der Waals surface area (Å²) >= 11 is 1.62. The number of carbonyl (C=O) groups is 3. The molecule has 4 atom stereocenters. The van der Waals surface area contributed by atoms with Crippen molar-refractivity contribution in [3.05, 3.63) is 41.0 Å². The van der Waals surface area contributed by atoms with E-state index in [1.807, 2.05) is 24.6 Å². The van der Waals surface area contributed by atoms with E-state index in [1.165, 1.54) is 26.2 Å². The summed E-state index contributed by atoms with van der Waals surface area (Å²) in [6.07, 6.45) is 7.05. The van der Waals surface area contributed by atoms with Crippen molar-refractivity contribution >= 4 is 29.0 Å². The Balaban J connectivity index is 1.37. The van der Waals surface area contributed by atoms with Crippen molar-refractivity contribution in [3.63, 3.8) is 0 Å². The average Bonchev–Trinajstić information content (AvgIpc) is 3.48. The Morgan fingerprint density at radius 3 is 2.47 bits per heavy atom. The number of hydrogen-bond acceptors (Lipinski definition) is 6. The van der Waals surface area contributed by atoms with Gasteiger partial charge in [-0.3, -0.25) is 14.4 Å². The Labute approximate surface area is 218 Å². The second-order valence-corrected chi connectivity index (χ2v) is 11.5. The summed E-state index contributed by atoms with van der Waals surface area (Å²) in [5.41, 5.74) is 5.00. The van der Waals surface area contributed by atoms with Crippen LogP contribution in [0.5, 0.6) is 0 Å². The molecule has 36 heavy (non-hydrogen) atoms. The van der Waals surface area contributed by atoms with E-state index in [1.54, 1.807) is 11.3 Å². The van der Waals surface area contributed by atoms with Gasteiger partial charge in [0.05, 0.1) is 16.1 Å². The average molecular weight is 511 g/mol. The van der Waals surface area contributed by atoms with Gasteiger partial charge in [-0.15, -0.1) is 11.3 Å². The van der Waals surface area contributed by atoms with Gasteiger partial charge < -0.3 is 10.1 Å². The summed E-state index contributed by atoms with van der Waals surface area (Å²) in [5, 5.41) is 3.08. The molecule has 1 aromatic heterocycles. The molecule has 1 heterocycles. The first-order chi connectivity index (χ1) is 17.3. The molecule has 6 nitrogen and oxygen atoms in total. The zero-order valence-electron chi connectivity index (χ0n) is 21.6. The Morgan fingerprint density at radius 2 is 1.83 bits per heavy atom. The fourth-order valence-corrected chi connectivity index (χ4v) is 6.78. The molecule has 4 rings (SSSR count). The SMILES string of the molecule is CC(=O)O[C@H]1CC(CC(=O)[C@@H](C)C2CCCCC2)[C@H](C(=O)NCc2ccc(-c3scnc3C)cc2)C1. The van der Waals surface area contributed by atoms with Crippen molar-refractivity contribution in [2.45, 2.75) is 84.8 Å². The zero-order valence-corrected chi connectivity index (χ0v) is 22.4. The Hall–Kier alpha value is -2.54. The first kappa shape index (κ1) is 26.5. The maximum absolute atomic E-state index is 13.2. The molecule has 7 heteroatoms. The number of aromatic nitrogens is 1. The van der Waals surface area contributed by atoms with Crippen molar-refractivity contribution in [1.82, 2.24) is 10.3 Å². The topological polar surface area (TPSA) is 85.4 Å². The molecule has 1 unspecified atom stereocenters. The molecule has 1 aromatic carbocycles. The summed E-state index contributed by atoms with van der Waals surface area (Å²) in [4.78, 5) is 43.5. The zero-order chi connectivity index (χ0) is 25.7.